The van der Waals surface area contributed by atoms with Crippen LogP contribution < -0.4 is 4.90 Å². The zero-order valence-electron chi connectivity index (χ0n) is 14.3. The van der Waals surface area contributed by atoms with Gasteiger partial charge in [-0.2, -0.15) is 26.3 Å². The first-order chi connectivity index (χ1) is 13.1. The van der Waals surface area contributed by atoms with Crippen molar-refractivity contribution in [3.05, 3.63) is 53.2 Å². The molecule has 0 aliphatic carbocycles. The predicted octanol–water partition coefficient (Wildman–Crippen LogP) is 3.48. The third kappa shape index (κ3) is 4.34. The number of hydrogen-bond acceptors (Lipinski definition) is 4. The first-order valence-electron chi connectivity index (χ1n) is 8.18. The second kappa shape index (κ2) is 7.28. The van der Waals surface area contributed by atoms with Crippen LogP contribution in [-0.2, 0) is 12.4 Å². The van der Waals surface area contributed by atoms with Gasteiger partial charge in [0.05, 0.1) is 5.56 Å². The average Bonchev–Trinajstić information content (AvgIpc) is 2.66. The Balaban J connectivity index is 1.61. The molecule has 1 aliphatic rings. The summed E-state index contributed by atoms with van der Waals surface area (Å²) in [5, 5.41) is 6.74. The lowest BCUT2D eigenvalue weighted by atomic mass is 10.1. The number of anilines is 1. The molecule has 3 rings (SSSR count). The highest BCUT2D eigenvalue weighted by atomic mass is 19.4. The van der Waals surface area contributed by atoms with Gasteiger partial charge in [-0.15, -0.1) is 10.2 Å². The lowest BCUT2D eigenvalue weighted by molar-refractivity contribution is -0.141. The molecular weight excluding hydrogens is 390 g/mol. The summed E-state index contributed by atoms with van der Waals surface area (Å²) in [4.78, 5) is 15.6. The first-order valence-corrected chi connectivity index (χ1v) is 8.18. The van der Waals surface area contributed by atoms with Gasteiger partial charge in [-0.05, 0) is 36.4 Å². The summed E-state index contributed by atoms with van der Waals surface area (Å²) in [5.74, 6) is -0.151. The number of amides is 1. The normalized spacial score (nSPS) is 15.6. The molecule has 0 bridgehead atoms. The summed E-state index contributed by atoms with van der Waals surface area (Å²) in [6.45, 7) is 1.13. The van der Waals surface area contributed by atoms with Crippen LogP contribution in [0.15, 0.2) is 36.4 Å². The van der Waals surface area contributed by atoms with Crippen molar-refractivity contribution in [2.24, 2.45) is 0 Å². The van der Waals surface area contributed by atoms with Crippen LogP contribution in [0.2, 0.25) is 0 Å². The highest BCUT2D eigenvalue weighted by Crippen LogP contribution is 2.30. The maximum atomic E-state index is 12.6. The van der Waals surface area contributed by atoms with Crippen molar-refractivity contribution < 1.29 is 31.1 Å². The van der Waals surface area contributed by atoms with E-state index in [0.717, 1.165) is 30.3 Å². The Labute approximate surface area is 155 Å². The fraction of sp³-hybridized carbons (Fsp3) is 0.353. The van der Waals surface area contributed by atoms with Crippen molar-refractivity contribution in [1.82, 2.24) is 15.1 Å². The maximum absolute atomic E-state index is 12.6. The molecule has 11 heteroatoms. The van der Waals surface area contributed by atoms with Gasteiger partial charge < -0.3 is 9.80 Å². The third-order valence-corrected chi connectivity index (χ3v) is 4.29. The molecule has 1 aliphatic heterocycles. The minimum Gasteiger partial charge on any atom is -0.352 e. The van der Waals surface area contributed by atoms with Crippen LogP contribution in [-0.4, -0.2) is 47.2 Å². The number of hydrogen-bond donors (Lipinski definition) is 0. The molecule has 5 nitrogen and oxygen atoms in total. The molecule has 1 saturated heterocycles. The number of alkyl halides is 6. The van der Waals surface area contributed by atoms with Crippen molar-refractivity contribution in [2.75, 3.05) is 31.1 Å². The predicted molar refractivity (Wildman–Crippen MR) is 86.6 cm³/mol. The SMILES string of the molecule is O=C(c1ccc(C(F)(F)F)cc1)N1CCN(c2ccc(C(F)(F)F)nn2)CC1. The minimum absolute atomic E-state index is 0.135. The van der Waals surface area contributed by atoms with Crippen LogP contribution >= 0.6 is 0 Å². The van der Waals surface area contributed by atoms with E-state index in [9.17, 15) is 31.1 Å². The fourth-order valence-corrected chi connectivity index (χ4v) is 2.77. The Morgan fingerprint density at radius 1 is 0.786 bits per heavy atom. The van der Waals surface area contributed by atoms with Gasteiger partial charge in [-0.3, -0.25) is 4.79 Å². The summed E-state index contributed by atoms with van der Waals surface area (Å²) < 4.78 is 75.4. The standard InChI is InChI=1S/C17H14F6N4O/c18-16(19,20)12-3-1-11(2-4-12)15(28)27-9-7-26(8-10-27)14-6-5-13(24-25-14)17(21,22)23/h1-6H,7-10H2. The molecular formula is C17H14F6N4O. The Hall–Kier alpha value is -2.85. The van der Waals surface area contributed by atoms with E-state index in [4.69, 9.17) is 0 Å². The molecule has 0 N–H and O–H groups in total. The highest BCUT2D eigenvalue weighted by molar-refractivity contribution is 5.94. The zero-order valence-corrected chi connectivity index (χ0v) is 14.3. The quantitative estimate of drug-likeness (QED) is 0.720. The van der Waals surface area contributed by atoms with Gasteiger partial charge in [-0.1, -0.05) is 0 Å². The summed E-state index contributed by atoms with van der Waals surface area (Å²) in [7, 11) is 0. The van der Waals surface area contributed by atoms with Crippen LogP contribution in [0.3, 0.4) is 0 Å². The van der Waals surface area contributed by atoms with Crippen molar-refractivity contribution in [2.45, 2.75) is 12.4 Å². The van der Waals surface area contributed by atoms with E-state index < -0.39 is 29.5 Å². The van der Waals surface area contributed by atoms with E-state index in [1.165, 1.54) is 11.0 Å². The fourth-order valence-electron chi connectivity index (χ4n) is 2.77. The van der Waals surface area contributed by atoms with Crippen LogP contribution in [0.1, 0.15) is 21.6 Å². The Morgan fingerprint density at radius 3 is 1.86 bits per heavy atom. The molecule has 0 saturated carbocycles. The molecule has 1 amide bonds. The molecule has 1 aromatic carbocycles. The topological polar surface area (TPSA) is 49.3 Å². The van der Waals surface area contributed by atoms with Gasteiger partial charge in [0.1, 0.15) is 0 Å². The summed E-state index contributed by atoms with van der Waals surface area (Å²) in [6, 6.07) is 5.99. The number of benzene rings is 1. The first kappa shape index (κ1) is 19.9. The smallest absolute Gasteiger partial charge is 0.352 e. The Morgan fingerprint density at radius 2 is 1.39 bits per heavy atom. The molecule has 28 heavy (non-hydrogen) atoms. The van der Waals surface area contributed by atoms with Crippen LogP contribution in [0.4, 0.5) is 32.2 Å². The van der Waals surface area contributed by atoms with Crippen LogP contribution in [0.5, 0.6) is 0 Å². The number of rotatable bonds is 2. The molecule has 2 aromatic rings. The Bertz CT molecular complexity index is 825. The zero-order chi connectivity index (χ0) is 20.5. The van der Waals surface area contributed by atoms with E-state index in [1.54, 1.807) is 4.90 Å². The summed E-state index contributed by atoms with van der Waals surface area (Å²) in [6.07, 6.45) is -9.05. The second-order valence-corrected chi connectivity index (χ2v) is 6.13. The molecule has 1 aromatic heterocycles. The number of aromatic nitrogens is 2. The van der Waals surface area contributed by atoms with Crippen molar-refractivity contribution >= 4 is 11.7 Å². The van der Waals surface area contributed by atoms with Crippen LogP contribution in [0.25, 0.3) is 0 Å². The number of piperazine rings is 1. The second-order valence-electron chi connectivity index (χ2n) is 6.13. The molecule has 0 atom stereocenters. The largest absolute Gasteiger partial charge is 0.435 e. The van der Waals surface area contributed by atoms with Gasteiger partial charge in [0.25, 0.3) is 5.91 Å². The number of carbonyl (C=O) groups excluding carboxylic acids is 1. The van der Waals surface area contributed by atoms with Gasteiger partial charge in [0.15, 0.2) is 11.5 Å². The van der Waals surface area contributed by atoms with Crippen molar-refractivity contribution in [1.29, 1.82) is 0 Å². The monoisotopic (exact) mass is 404 g/mol. The summed E-state index contributed by atoms with van der Waals surface area (Å²) in [5.41, 5.74) is -1.79. The van der Waals surface area contributed by atoms with E-state index in [2.05, 4.69) is 10.2 Å². The van der Waals surface area contributed by atoms with E-state index in [1.807, 2.05) is 0 Å². The molecule has 2 heterocycles. The van der Waals surface area contributed by atoms with E-state index in [0.29, 0.717) is 13.1 Å². The minimum atomic E-state index is -4.57. The summed E-state index contributed by atoms with van der Waals surface area (Å²) >= 11 is 0. The third-order valence-electron chi connectivity index (χ3n) is 4.29. The average molecular weight is 404 g/mol. The molecule has 0 spiro atoms. The molecule has 0 radical (unpaired) electrons. The highest BCUT2D eigenvalue weighted by Gasteiger charge is 2.33. The van der Waals surface area contributed by atoms with Gasteiger partial charge in [0.2, 0.25) is 0 Å². The Kier molecular flexibility index (Phi) is 5.18. The number of carbonyl (C=O) groups is 1. The van der Waals surface area contributed by atoms with Gasteiger partial charge in [-0.25, -0.2) is 0 Å². The lowest BCUT2D eigenvalue weighted by Gasteiger charge is -2.35. The maximum Gasteiger partial charge on any atom is 0.435 e. The molecule has 150 valence electrons. The number of halogens is 6. The van der Waals surface area contributed by atoms with E-state index in [-0.39, 0.29) is 24.5 Å². The van der Waals surface area contributed by atoms with Crippen LogP contribution in [0, 0.1) is 0 Å². The molecule has 1 fully saturated rings. The van der Waals surface area contributed by atoms with Crippen molar-refractivity contribution in [3.8, 4) is 0 Å². The number of nitrogens with zero attached hydrogens (tertiary/aromatic N) is 4. The molecule has 0 unspecified atom stereocenters. The van der Waals surface area contributed by atoms with Gasteiger partial charge >= 0.3 is 12.4 Å². The lowest BCUT2D eigenvalue weighted by Crippen LogP contribution is -2.49. The van der Waals surface area contributed by atoms with Crippen molar-refractivity contribution in [3.63, 3.8) is 0 Å². The van der Waals surface area contributed by atoms with E-state index >= 15 is 0 Å². The van der Waals surface area contributed by atoms with Gasteiger partial charge in [0, 0.05) is 31.7 Å².